The number of benzene rings is 2. The molecule has 5 nitrogen and oxygen atoms in total. The number of carboxylic acids is 1. The highest BCUT2D eigenvalue weighted by Gasteiger charge is 2.07. The summed E-state index contributed by atoms with van der Waals surface area (Å²) in [5.74, 6) is 0.0679. The van der Waals surface area contributed by atoms with Crippen molar-refractivity contribution in [2.45, 2.75) is 6.42 Å². The third-order valence-electron chi connectivity index (χ3n) is 3.73. The maximum absolute atomic E-state index is 10.7. The molecule has 3 aromatic rings. The summed E-state index contributed by atoms with van der Waals surface area (Å²) in [5.41, 5.74) is 5.05. The van der Waals surface area contributed by atoms with Crippen LogP contribution in [0.15, 0.2) is 54.7 Å². The Morgan fingerprint density at radius 3 is 2.17 bits per heavy atom. The predicted molar refractivity (Wildman–Crippen MR) is 90.3 cm³/mol. The van der Waals surface area contributed by atoms with Crippen molar-refractivity contribution >= 4 is 11.8 Å². The van der Waals surface area contributed by atoms with Crippen LogP contribution in [0.3, 0.4) is 0 Å². The fourth-order valence-electron chi connectivity index (χ4n) is 2.53. The van der Waals surface area contributed by atoms with Gasteiger partial charge < -0.3 is 10.4 Å². The van der Waals surface area contributed by atoms with E-state index in [1.54, 1.807) is 6.20 Å². The minimum atomic E-state index is -0.817. The molecule has 0 bridgehead atoms. The van der Waals surface area contributed by atoms with Crippen LogP contribution in [0.2, 0.25) is 0 Å². The van der Waals surface area contributed by atoms with E-state index in [0.717, 1.165) is 33.6 Å². The maximum atomic E-state index is 10.7. The summed E-state index contributed by atoms with van der Waals surface area (Å²) >= 11 is 0. The first-order valence-electron chi connectivity index (χ1n) is 7.30. The molecule has 3 rings (SSSR count). The van der Waals surface area contributed by atoms with Gasteiger partial charge in [-0.05, 0) is 22.3 Å². The van der Waals surface area contributed by atoms with Gasteiger partial charge in [-0.25, -0.2) is 0 Å². The monoisotopic (exact) mass is 307 g/mol. The Labute approximate surface area is 134 Å². The smallest absolute Gasteiger partial charge is 0.307 e. The van der Waals surface area contributed by atoms with Crippen molar-refractivity contribution in [2.24, 2.45) is 0 Å². The van der Waals surface area contributed by atoms with Gasteiger partial charge in [0.2, 0.25) is 0 Å². The van der Waals surface area contributed by atoms with E-state index in [1.807, 2.05) is 55.6 Å². The number of H-pyrrole nitrogens is 1. The Morgan fingerprint density at radius 2 is 1.61 bits per heavy atom. The second-order valence-corrected chi connectivity index (χ2v) is 5.25. The van der Waals surface area contributed by atoms with Crippen molar-refractivity contribution < 1.29 is 9.90 Å². The van der Waals surface area contributed by atoms with E-state index in [2.05, 4.69) is 15.5 Å². The molecule has 0 amide bonds. The lowest BCUT2D eigenvalue weighted by Gasteiger charge is -2.06. The van der Waals surface area contributed by atoms with Crippen LogP contribution in [-0.4, -0.2) is 28.3 Å². The zero-order chi connectivity index (χ0) is 16.2. The lowest BCUT2D eigenvalue weighted by atomic mass is 10.00. The highest BCUT2D eigenvalue weighted by molar-refractivity contribution is 5.77. The van der Waals surface area contributed by atoms with Crippen molar-refractivity contribution in [2.75, 3.05) is 12.4 Å². The molecule has 0 aliphatic heterocycles. The van der Waals surface area contributed by atoms with Gasteiger partial charge in [-0.15, -0.1) is 0 Å². The standard InChI is InChI=1S/C18H17N3O2/c1-19-18-16(11-20-21-18)15-8-6-14(7-9-15)13-4-2-12(3-5-13)10-17(22)23/h2-9,11H,10H2,1H3,(H,22,23)(H2,19,20,21). The second kappa shape index (κ2) is 6.36. The van der Waals surface area contributed by atoms with Crippen molar-refractivity contribution in [1.29, 1.82) is 0 Å². The molecule has 116 valence electrons. The van der Waals surface area contributed by atoms with Crippen LogP contribution in [0.1, 0.15) is 5.56 Å². The predicted octanol–water partition coefficient (Wildman–Crippen LogP) is 3.41. The lowest BCUT2D eigenvalue weighted by Crippen LogP contribution is -1.99. The van der Waals surface area contributed by atoms with Gasteiger partial charge >= 0.3 is 5.97 Å². The van der Waals surface area contributed by atoms with E-state index >= 15 is 0 Å². The van der Waals surface area contributed by atoms with Crippen LogP contribution < -0.4 is 5.32 Å². The topological polar surface area (TPSA) is 78.0 Å². The lowest BCUT2D eigenvalue weighted by molar-refractivity contribution is -0.136. The van der Waals surface area contributed by atoms with Crippen molar-refractivity contribution in [3.05, 3.63) is 60.3 Å². The summed E-state index contributed by atoms with van der Waals surface area (Å²) in [6.07, 6.45) is 1.84. The summed E-state index contributed by atoms with van der Waals surface area (Å²) in [5, 5.41) is 18.8. The van der Waals surface area contributed by atoms with Crippen LogP contribution in [0.4, 0.5) is 5.82 Å². The Hall–Kier alpha value is -3.08. The molecule has 0 saturated heterocycles. The van der Waals surface area contributed by atoms with Gasteiger partial charge in [0.1, 0.15) is 5.82 Å². The zero-order valence-electron chi connectivity index (χ0n) is 12.7. The normalized spacial score (nSPS) is 10.5. The number of nitrogens with one attached hydrogen (secondary N) is 2. The maximum Gasteiger partial charge on any atom is 0.307 e. The average Bonchev–Trinajstić information content (AvgIpc) is 3.04. The number of aromatic nitrogens is 2. The molecule has 1 heterocycles. The van der Waals surface area contributed by atoms with Crippen LogP contribution in [0.25, 0.3) is 22.3 Å². The molecule has 0 unspecified atom stereocenters. The van der Waals surface area contributed by atoms with Crippen LogP contribution in [0, 0.1) is 0 Å². The first-order chi connectivity index (χ1) is 11.2. The molecule has 2 aromatic carbocycles. The first-order valence-corrected chi connectivity index (χ1v) is 7.30. The molecule has 1 aromatic heterocycles. The van der Waals surface area contributed by atoms with Crippen LogP contribution in [0.5, 0.6) is 0 Å². The van der Waals surface area contributed by atoms with Crippen molar-refractivity contribution in [3.63, 3.8) is 0 Å². The van der Waals surface area contributed by atoms with Gasteiger partial charge in [-0.1, -0.05) is 48.5 Å². The molecule has 0 aliphatic carbocycles. The Morgan fingerprint density at radius 1 is 1.04 bits per heavy atom. The molecule has 5 heteroatoms. The summed E-state index contributed by atoms with van der Waals surface area (Å²) in [7, 11) is 1.85. The third-order valence-corrected chi connectivity index (χ3v) is 3.73. The molecule has 0 fully saturated rings. The molecule has 0 spiro atoms. The van der Waals surface area contributed by atoms with E-state index in [-0.39, 0.29) is 6.42 Å². The molecular weight excluding hydrogens is 290 g/mol. The van der Waals surface area contributed by atoms with Crippen molar-refractivity contribution in [3.8, 4) is 22.3 Å². The van der Waals surface area contributed by atoms with Crippen LogP contribution >= 0.6 is 0 Å². The second-order valence-electron chi connectivity index (χ2n) is 5.25. The number of aliphatic carboxylic acids is 1. The van der Waals surface area contributed by atoms with E-state index < -0.39 is 5.97 Å². The molecule has 0 radical (unpaired) electrons. The van der Waals surface area contributed by atoms with Gasteiger partial charge in [-0.2, -0.15) is 5.10 Å². The molecule has 3 N–H and O–H groups in total. The Kier molecular flexibility index (Phi) is 4.10. The van der Waals surface area contributed by atoms with E-state index in [1.165, 1.54) is 0 Å². The minimum Gasteiger partial charge on any atom is -0.481 e. The highest BCUT2D eigenvalue weighted by Crippen LogP contribution is 2.28. The summed E-state index contributed by atoms with van der Waals surface area (Å²) in [4.78, 5) is 10.7. The van der Waals surface area contributed by atoms with Gasteiger partial charge in [0, 0.05) is 12.6 Å². The van der Waals surface area contributed by atoms with E-state index in [9.17, 15) is 4.79 Å². The van der Waals surface area contributed by atoms with E-state index in [0.29, 0.717) is 0 Å². The Bertz CT molecular complexity index is 805. The number of anilines is 1. The largest absolute Gasteiger partial charge is 0.481 e. The summed E-state index contributed by atoms with van der Waals surface area (Å²) in [6, 6.07) is 15.8. The zero-order valence-corrected chi connectivity index (χ0v) is 12.7. The Balaban J connectivity index is 1.83. The number of carbonyl (C=O) groups is 1. The number of hydrogen-bond donors (Lipinski definition) is 3. The molecule has 0 saturated carbocycles. The molecular formula is C18H17N3O2. The number of nitrogens with zero attached hydrogens (tertiary/aromatic N) is 1. The summed E-state index contributed by atoms with van der Waals surface area (Å²) in [6.45, 7) is 0. The molecule has 23 heavy (non-hydrogen) atoms. The SMILES string of the molecule is CNc1[nH]ncc1-c1ccc(-c2ccc(CC(=O)O)cc2)cc1. The quantitative estimate of drug-likeness (QED) is 0.675. The first kappa shape index (κ1) is 14.8. The fraction of sp³-hybridized carbons (Fsp3) is 0.111. The van der Waals surface area contributed by atoms with Gasteiger partial charge in [0.05, 0.1) is 12.6 Å². The molecule has 0 aliphatic rings. The summed E-state index contributed by atoms with van der Waals surface area (Å²) < 4.78 is 0. The number of carboxylic acid groups (broad SMARTS) is 1. The van der Waals surface area contributed by atoms with E-state index in [4.69, 9.17) is 5.11 Å². The molecule has 0 atom stereocenters. The fourth-order valence-corrected chi connectivity index (χ4v) is 2.53. The number of rotatable bonds is 5. The highest BCUT2D eigenvalue weighted by atomic mass is 16.4. The van der Waals surface area contributed by atoms with Crippen LogP contribution in [-0.2, 0) is 11.2 Å². The minimum absolute atomic E-state index is 0.0481. The number of aromatic amines is 1. The van der Waals surface area contributed by atoms with Gasteiger partial charge in [-0.3, -0.25) is 9.89 Å². The average molecular weight is 307 g/mol. The number of hydrogen-bond acceptors (Lipinski definition) is 3. The third kappa shape index (κ3) is 3.23. The van der Waals surface area contributed by atoms with Crippen molar-refractivity contribution in [1.82, 2.24) is 10.2 Å². The van der Waals surface area contributed by atoms with Gasteiger partial charge in [0.15, 0.2) is 0 Å². The van der Waals surface area contributed by atoms with Gasteiger partial charge in [0.25, 0.3) is 0 Å².